The summed E-state index contributed by atoms with van der Waals surface area (Å²) in [6.45, 7) is 1.86. The molecule has 0 unspecified atom stereocenters. The number of thioether (sulfide) groups is 1. The number of carbonyl (C=O) groups is 1. The van der Waals surface area contributed by atoms with Gasteiger partial charge in [-0.2, -0.15) is 0 Å². The Morgan fingerprint density at radius 1 is 1.67 bits per heavy atom. The van der Waals surface area contributed by atoms with Crippen molar-refractivity contribution in [1.29, 1.82) is 0 Å². The number of carboxylic acids is 1. The third kappa shape index (κ3) is 1.76. The molecule has 1 aromatic rings. The normalized spacial score (nSPS) is 9.83. The molecule has 64 valence electrons. The van der Waals surface area contributed by atoms with Crippen LogP contribution in [-0.2, 0) is 0 Å². The Labute approximate surface area is 74.8 Å². The Balaban J connectivity index is 3.13. The van der Waals surface area contributed by atoms with Crippen LogP contribution in [0, 0.1) is 6.92 Å². The lowest BCUT2D eigenvalue weighted by Crippen LogP contribution is -1.98. The SMILES string of the molecule is CSc1cc(C(=O)O)cnc1C. The van der Waals surface area contributed by atoms with Crippen molar-refractivity contribution in [3.05, 3.63) is 23.5 Å². The number of aromatic carboxylic acids is 1. The number of hydrogen-bond acceptors (Lipinski definition) is 3. The van der Waals surface area contributed by atoms with Gasteiger partial charge in [-0.05, 0) is 19.2 Å². The fourth-order valence-corrected chi connectivity index (χ4v) is 1.43. The maximum atomic E-state index is 10.5. The van der Waals surface area contributed by atoms with E-state index in [4.69, 9.17) is 5.11 Å². The summed E-state index contributed by atoms with van der Waals surface area (Å²) in [5.41, 5.74) is 1.11. The second-order valence-electron chi connectivity index (χ2n) is 2.32. The van der Waals surface area contributed by atoms with E-state index in [-0.39, 0.29) is 5.56 Å². The first-order chi connectivity index (χ1) is 5.65. The molecule has 0 amide bonds. The zero-order valence-electron chi connectivity index (χ0n) is 6.87. The molecule has 0 aliphatic heterocycles. The van der Waals surface area contributed by atoms with Gasteiger partial charge in [-0.15, -0.1) is 11.8 Å². The number of aryl methyl sites for hydroxylation is 1. The van der Waals surface area contributed by atoms with Gasteiger partial charge in [-0.3, -0.25) is 4.98 Å². The highest BCUT2D eigenvalue weighted by Gasteiger charge is 2.05. The highest BCUT2D eigenvalue weighted by Crippen LogP contribution is 2.18. The average molecular weight is 183 g/mol. The first-order valence-corrected chi connectivity index (χ1v) is 4.61. The highest BCUT2D eigenvalue weighted by atomic mass is 32.2. The van der Waals surface area contributed by atoms with Crippen molar-refractivity contribution in [2.75, 3.05) is 6.26 Å². The van der Waals surface area contributed by atoms with Crippen LogP contribution in [0.3, 0.4) is 0 Å². The van der Waals surface area contributed by atoms with E-state index in [9.17, 15) is 4.79 Å². The maximum absolute atomic E-state index is 10.5. The van der Waals surface area contributed by atoms with E-state index in [1.807, 2.05) is 13.2 Å². The van der Waals surface area contributed by atoms with Crippen molar-refractivity contribution >= 4 is 17.7 Å². The van der Waals surface area contributed by atoms with Gasteiger partial charge in [-0.25, -0.2) is 4.79 Å². The lowest BCUT2D eigenvalue weighted by Gasteiger charge is -2.01. The molecule has 1 aromatic heterocycles. The minimum atomic E-state index is -0.933. The lowest BCUT2D eigenvalue weighted by atomic mass is 10.2. The average Bonchev–Trinajstić information content (AvgIpc) is 2.05. The van der Waals surface area contributed by atoms with Gasteiger partial charge in [0.2, 0.25) is 0 Å². The second-order valence-corrected chi connectivity index (χ2v) is 3.16. The Kier molecular flexibility index (Phi) is 2.70. The molecule has 0 fully saturated rings. The van der Waals surface area contributed by atoms with Gasteiger partial charge in [-0.1, -0.05) is 0 Å². The van der Waals surface area contributed by atoms with E-state index in [0.717, 1.165) is 10.6 Å². The first kappa shape index (κ1) is 9.06. The fourth-order valence-electron chi connectivity index (χ4n) is 0.837. The van der Waals surface area contributed by atoms with Crippen LogP contribution in [0.15, 0.2) is 17.2 Å². The molecule has 1 rings (SSSR count). The summed E-state index contributed by atoms with van der Waals surface area (Å²) >= 11 is 1.50. The van der Waals surface area contributed by atoms with Gasteiger partial charge in [0.05, 0.1) is 11.3 Å². The van der Waals surface area contributed by atoms with Crippen LogP contribution >= 0.6 is 11.8 Å². The number of pyridine rings is 1. The summed E-state index contributed by atoms with van der Waals surface area (Å²) < 4.78 is 0. The molecule has 0 saturated carbocycles. The minimum absolute atomic E-state index is 0.241. The van der Waals surface area contributed by atoms with Gasteiger partial charge in [0.1, 0.15) is 0 Å². The molecule has 1 N–H and O–H groups in total. The van der Waals surface area contributed by atoms with Crippen LogP contribution < -0.4 is 0 Å². The minimum Gasteiger partial charge on any atom is -0.478 e. The van der Waals surface area contributed by atoms with Crippen molar-refractivity contribution in [1.82, 2.24) is 4.98 Å². The third-order valence-corrected chi connectivity index (χ3v) is 2.36. The predicted octanol–water partition coefficient (Wildman–Crippen LogP) is 1.81. The molecular weight excluding hydrogens is 174 g/mol. The molecule has 0 atom stereocenters. The lowest BCUT2D eigenvalue weighted by molar-refractivity contribution is 0.0696. The van der Waals surface area contributed by atoms with Crippen LogP contribution in [0.1, 0.15) is 16.1 Å². The van der Waals surface area contributed by atoms with E-state index in [1.54, 1.807) is 6.07 Å². The Hall–Kier alpha value is -1.03. The molecule has 12 heavy (non-hydrogen) atoms. The highest BCUT2D eigenvalue weighted by molar-refractivity contribution is 7.98. The summed E-state index contributed by atoms with van der Waals surface area (Å²) in [6.07, 6.45) is 3.27. The van der Waals surface area contributed by atoms with Gasteiger partial charge < -0.3 is 5.11 Å². The molecule has 0 aromatic carbocycles. The Bertz CT molecular complexity index is 312. The molecule has 0 saturated heterocycles. The zero-order valence-corrected chi connectivity index (χ0v) is 7.68. The summed E-state index contributed by atoms with van der Waals surface area (Å²) in [5, 5.41) is 8.65. The Morgan fingerprint density at radius 3 is 2.83 bits per heavy atom. The number of hydrogen-bond donors (Lipinski definition) is 1. The molecule has 4 heteroatoms. The predicted molar refractivity (Wildman–Crippen MR) is 47.7 cm³/mol. The van der Waals surface area contributed by atoms with E-state index >= 15 is 0 Å². The summed E-state index contributed by atoms with van der Waals surface area (Å²) in [5.74, 6) is -0.933. The summed E-state index contributed by atoms with van der Waals surface area (Å²) in [6, 6.07) is 1.63. The number of nitrogens with zero attached hydrogens (tertiary/aromatic N) is 1. The number of rotatable bonds is 2. The van der Waals surface area contributed by atoms with Crippen LogP contribution in [0.5, 0.6) is 0 Å². The van der Waals surface area contributed by atoms with Crippen molar-refractivity contribution in [3.8, 4) is 0 Å². The molecule has 0 aliphatic rings. The quantitative estimate of drug-likeness (QED) is 0.710. The third-order valence-electron chi connectivity index (χ3n) is 1.51. The second kappa shape index (κ2) is 3.58. The van der Waals surface area contributed by atoms with Gasteiger partial charge in [0.25, 0.3) is 0 Å². The monoisotopic (exact) mass is 183 g/mol. The van der Waals surface area contributed by atoms with Crippen molar-refractivity contribution < 1.29 is 9.90 Å². The maximum Gasteiger partial charge on any atom is 0.337 e. The van der Waals surface area contributed by atoms with Crippen LogP contribution in [0.2, 0.25) is 0 Å². The van der Waals surface area contributed by atoms with Crippen molar-refractivity contribution in [2.45, 2.75) is 11.8 Å². The van der Waals surface area contributed by atoms with Gasteiger partial charge in [0, 0.05) is 11.1 Å². The number of carboxylic acid groups (broad SMARTS) is 1. The fraction of sp³-hybridized carbons (Fsp3) is 0.250. The van der Waals surface area contributed by atoms with Crippen LogP contribution in [0.25, 0.3) is 0 Å². The standard InChI is InChI=1S/C8H9NO2S/c1-5-7(12-2)3-6(4-9-5)8(10)11/h3-4H,1-2H3,(H,10,11). The molecule has 1 heterocycles. The van der Waals surface area contributed by atoms with Crippen molar-refractivity contribution in [2.24, 2.45) is 0 Å². The van der Waals surface area contributed by atoms with Gasteiger partial charge >= 0.3 is 5.97 Å². The first-order valence-electron chi connectivity index (χ1n) is 3.39. The van der Waals surface area contributed by atoms with E-state index in [2.05, 4.69) is 4.98 Å². The van der Waals surface area contributed by atoms with E-state index in [0.29, 0.717) is 0 Å². The molecule has 0 spiro atoms. The largest absolute Gasteiger partial charge is 0.478 e. The zero-order chi connectivity index (χ0) is 9.14. The number of aromatic nitrogens is 1. The Morgan fingerprint density at radius 2 is 2.33 bits per heavy atom. The molecule has 0 bridgehead atoms. The molecular formula is C8H9NO2S. The topological polar surface area (TPSA) is 50.2 Å². The molecule has 3 nitrogen and oxygen atoms in total. The summed E-state index contributed by atoms with van der Waals surface area (Å²) in [4.78, 5) is 15.4. The molecule has 0 aliphatic carbocycles. The van der Waals surface area contributed by atoms with Crippen molar-refractivity contribution in [3.63, 3.8) is 0 Å². The van der Waals surface area contributed by atoms with Crippen LogP contribution in [0.4, 0.5) is 0 Å². The van der Waals surface area contributed by atoms with E-state index < -0.39 is 5.97 Å². The summed E-state index contributed by atoms with van der Waals surface area (Å²) in [7, 11) is 0. The molecule has 0 radical (unpaired) electrons. The van der Waals surface area contributed by atoms with Crippen LogP contribution in [-0.4, -0.2) is 22.3 Å². The smallest absolute Gasteiger partial charge is 0.337 e. The van der Waals surface area contributed by atoms with E-state index in [1.165, 1.54) is 18.0 Å². The van der Waals surface area contributed by atoms with Gasteiger partial charge in [0.15, 0.2) is 0 Å².